The maximum absolute atomic E-state index is 13.0. The minimum absolute atomic E-state index is 0.00894. The maximum Gasteiger partial charge on any atom is 0.314 e. The molecule has 1 saturated heterocycles. The number of piperidine rings is 1. The molecule has 150 valence electrons. The molecule has 5 nitrogen and oxygen atoms in total. The van der Waals surface area contributed by atoms with Gasteiger partial charge in [0.2, 0.25) is 10.0 Å². The summed E-state index contributed by atoms with van der Waals surface area (Å²) in [4.78, 5) is 12.4. The Morgan fingerprint density at radius 2 is 1.57 bits per heavy atom. The highest BCUT2D eigenvalue weighted by molar-refractivity contribution is 7.89. The molecule has 0 N–H and O–H groups in total. The number of carbonyl (C=O) groups excluding carboxylic acids is 1. The molecule has 1 aliphatic rings. The molecule has 0 atom stereocenters. The Bertz CT molecular complexity index is 967. The average molecular weight is 467 g/mol. The topological polar surface area (TPSA) is 63.7 Å². The second-order valence-corrected chi connectivity index (χ2v) is 9.44. The van der Waals surface area contributed by atoms with Gasteiger partial charge in [0.1, 0.15) is 5.82 Å². The summed E-state index contributed by atoms with van der Waals surface area (Å²) in [7, 11) is -3.75. The molecule has 0 spiro atoms. The highest BCUT2D eigenvalue weighted by atomic mass is 35.5. The molecule has 2 aromatic rings. The Kier molecular flexibility index (Phi) is 6.51. The fraction of sp³-hybridized carbons (Fsp3) is 0.278. The zero-order chi connectivity index (χ0) is 20.5. The van der Waals surface area contributed by atoms with Gasteiger partial charge in [0.05, 0.1) is 20.9 Å². The molecule has 3 rings (SSSR count). The first kappa shape index (κ1) is 21.3. The third-order valence-electron chi connectivity index (χ3n) is 4.40. The largest absolute Gasteiger partial charge is 0.423 e. The third-order valence-corrected chi connectivity index (χ3v) is 7.10. The van der Waals surface area contributed by atoms with Crippen molar-refractivity contribution in [2.75, 3.05) is 13.1 Å². The number of rotatable bonds is 4. The molecule has 1 heterocycles. The van der Waals surface area contributed by atoms with Crippen LogP contribution >= 0.6 is 34.8 Å². The number of halogens is 4. The van der Waals surface area contributed by atoms with Crippen LogP contribution in [0, 0.1) is 11.7 Å². The summed E-state index contributed by atoms with van der Waals surface area (Å²) in [6, 6.07) is 7.45. The molecule has 0 bridgehead atoms. The number of esters is 1. The standard InChI is InChI=1S/C18H15Cl3FNO4S/c19-12-9-15(20)17(16(21)10-12)27-18(24)11-5-7-23(8-6-11)28(25,26)14-3-1-13(22)2-4-14/h1-4,9-11H,5-8H2. The molecule has 1 aliphatic heterocycles. The molecule has 0 unspecified atom stereocenters. The van der Waals surface area contributed by atoms with E-state index in [4.69, 9.17) is 39.5 Å². The van der Waals surface area contributed by atoms with E-state index in [1.165, 1.54) is 28.6 Å². The molecule has 1 fully saturated rings. The number of carbonyl (C=O) groups is 1. The van der Waals surface area contributed by atoms with E-state index in [-0.39, 0.29) is 46.6 Å². The van der Waals surface area contributed by atoms with E-state index in [0.29, 0.717) is 5.02 Å². The van der Waals surface area contributed by atoms with Gasteiger partial charge < -0.3 is 4.74 Å². The first-order chi connectivity index (χ1) is 13.2. The van der Waals surface area contributed by atoms with Crippen molar-refractivity contribution in [3.05, 3.63) is 57.3 Å². The SMILES string of the molecule is O=C(Oc1c(Cl)cc(Cl)cc1Cl)C1CCN(S(=O)(=O)c2ccc(F)cc2)CC1. The number of hydrogen-bond donors (Lipinski definition) is 0. The van der Waals surface area contributed by atoms with Gasteiger partial charge in [-0.3, -0.25) is 4.79 Å². The summed E-state index contributed by atoms with van der Waals surface area (Å²) in [5, 5.41) is 0.540. The number of hydrogen-bond acceptors (Lipinski definition) is 4. The Morgan fingerprint density at radius 3 is 2.11 bits per heavy atom. The Morgan fingerprint density at radius 1 is 1.04 bits per heavy atom. The van der Waals surface area contributed by atoms with Crippen LogP contribution < -0.4 is 4.74 Å². The summed E-state index contributed by atoms with van der Waals surface area (Å²) in [6.45, 7) is 0.281. The minimum Gasteiger partial charge on any atom is -0.423 e. The summed E-state index contributed by atoms with van der Waals surface area (Å²) in [5.41, 5.74) is 0. The monoisotopic (exact) mass is 465 g/mol. The second kappa shape index (κ2) is 8.55. The zero-order valence-corrected chi connectivity index (χ0v) is 17.5. The van der Waals surface area contributed by atoms with Crippen molar-refractivity contribution in [3.63, 3.8) is 0 Å². The van der Waals surface area contributed by atoms with Crippen LogP contribution in [-0.2, 0) is 14.8 Å². The predicted molar refractivity (Wildman–Crippen MR) is 105 cm³/mol. The van der Waals surface area contributed by atoms with Gasteiger partial charge in [0, 0.05) is 18.1 Å². The van der Waals surface area contributed by atoms with Crippen LogP contribution in [0.15, 0.2) is 41.3 Å². The fourth-order valence-corrected chi connectivity index (χ4v) is 5.26. The molecule has 0 saturated carbocycles. The van der Waals surface area contributed by atoms with Crippen molar-refractivity contribution < 1.29 is 22.3 Å². The normalized spacial score (nSPS) is 16.1. The van der Waals surface area contributed by atoms with Crippen molar-refractivity contribution >= 4 is 50.8 Å². The molecule has 2 aromatic carbocycles. The number of ether oxygens (including phenoxy) is 1. The second-order valence-electron chi connectivity index (χ2n) is 6.25. The van der Waals surface area contributed by atoms with Gasteiger partial charge in [-0.1, -0.05) is 34.8 Å². The van der Waals surface area contributed by atoms with E-state index in [1.54, 1.807) is 0 Å². The van der Waals surface area contributed by atoms with Crippen LogP contribution in [0.2, 0.25) is 15.1 Å². The van der Waals surface area contributed by atoms with Gasteiger partial charge >= 0.3 is 5.97 Å². The molecular formula is C18H15Cl3FNO4S. The smallest absolute Gasteiger partial charge is 0.314 e. The summed E-state index contributed by atoms with van der Waals surface area (Å²) in [5.74, 6) is -1.52. The molecule has 0 amide bonds. The van der Waals surface area contributed by atoms with E-state index >= 15 is 0 Å². The maximum atomic E-state index is 13.0. The molecular weight excluding hydrogens is 452 g/mol. The van der Waals surface area contributed by atoms with Crippen LogP contribution in [0.1, 0.15) is 12.8 Å². The molecule has 10 heteroatoms. The Hall–Kier alpha value is -1.38. The lowest BCUT2D eigenvalue weighted by Gasteiger charge is -2.30. The minimum atomic E-state index is -3.75. The highest BCUT2D eigenvalue weighted by Gasteiger charge is 2.33. The van der Waals surface area contributed by atoms with Crippen LogP contribution in [0.5, 0.6) is 5.75 Å². The predicted octanol–water partition coefficient (Wildman–Crippen LogP) is 4.79. The zero-order valence-electron chi connectivity index (χ0n) is 14.4. The fourth-order valence-electron chi connectivity index (χ4n) is 2.90. The Labute approximate surface area is 177 Å². The third kappa shape index (κ3) is 4.60. The summed E-state index contributed by atoms with van der Waals surface area (Å²) >= 11 is 17.9. The molecule has 0 radical (unpaired) electrons. The van der Waals surface area contributed by atoms with Gasteiger partial charge in [-0.2, -0.15) is 4.31 Å². The first-order valence-electron chi connectivity index (χ1n) is 8.30. The lowest BCUT2D eigenvalue weighted by molar-refractivity contribution is -0.140. The van der Waals surface area contributed by atoms with E-state index in [0.717, 1.165) is 12.1 Å². The lowest BCUT2D eigenvalue weighted by atomic mass is 9.98. The number of nitrogens with zero attached hydrogens (tertiary/aromatic N) is 1. The van der Waals surface area contributed by atoms with E-state index in [2.05, 4.69) is 0 Å². The van der Waals surface area contributed by atoms with Gasteiger partial charge in [0.25, 0.3) is 0 Å². The van der Waals surface area contributed by atoms with Crippen molar-refractivity contribution in [2.45, 2.75) is 17.7 Å². The van der Waals surface area contributed by atoms with Crippen molar-refractivity contribution in [1.29, 1.82) is 0 Å². The lowest BCUT2D eigenvalue weighted by Crippen LogP contribution is -2.41. The first-order valence-corrected chi connectivity index (χ1v) is 10.9. The number of sulfonamides is 1. The van der Waals surface area contributed by atoms with Gasteiger partial charge in [-0.05, 0) is 49.2 Å². The number of benzene rings is 2. The van der Waals surface area contributed by atoms with Crippen LogP contribution in [-0.4, -0.2) is 31.8 Å². The van der Waals surface area contributed by atoms with E-state index < -0.39 is 27.7 Å². The van der Waals surface area contributed by atoms with Gasteiger partial charge in [-0.25, -0.2) is 12.8 Å². The van der Waals surface area contributed by atoms with Crippen LogP contribution in [0.4, 0.5) is 4.39 Å². The van der Waals surface area contributed by atoms with E-state index in [9.17, 15) is 17.6 Å². The highest BCUT2D eigenvalue weighted by Crippen LogP contribution is 2.37. The molecule has 0 aromatic heterocycles. The van der Waals surface area contributed by atoms with Crippen molar-refractivity contribution in [1.82, 2.24) is 4.31 Å². The van der Waals surface area contributed by atoms with E-state index in [1.807, 2.05) is 0 Å². The van der Waals surface area contributed by atoms with Gasteiger partial charge in [-0.15, -0.1) is 0 Å². The van der Waals surface area contributed by atoms with Crippen molar-refractivity contribution in [3.8, 4) is 5.75 Å². The van der Waals surface area contributed by atoms with Gasteiger partial charge in [0.15, 0.2) is 5.75 Å². The van der Waals surface area contributed by atoms with Crippen molar-refractivity contribution in [2.24, 2.45) is 5.92 Å². The summed E-state index contributed by atoms with van der Waals surface area (Å²) in [6.07, 6.45) is 0.560. The Balaban J connectivity index is 1.65. The molecule has 28 heavy (non-hydrogen) atoms. The van der Waals surface area contributed by atoms with Crippen LogP contribution in [0.25, 0.3) is 0 Å². The quantitative estimate of drug-likeness (QED) is 0.480. The average Bonchev–Trinajstić information content (AvgIpc) is 2.65. The van der Waals surface area contributed by atoms with Crippen LogP contribution in [0.3, 0.4) is 0 Å². The summed E-state index contributed by atoms with van der Waals surface area (Å²) < 4.78 is 44.9. The molecule has 0 aliphatic carbocycles.